The number of rotatable bonds is 8. The van der Waals surface area contributed by atoms with Crippen LogP contribution in [0.2, 0.25) is 0 Å². The van der Waals surface area contributed by atoms with Gasteiger partial charge in [-0.25, -0.2) is 36.3 Å². The van der Waals surface area contributed by atoms with Crippen molar-refractivity contribution in [1.29, 1.82) is 4.78 Å². The monoisotopic (exact) mass is 752 g/mol. The second-order valence-electron chi connectivity index (χ2n) is 14.0. The number of nitrogens with one attached hydrogen (secondary N) is 2. The third-order valence-corrected chi connectivity index (χ3v) is 12.6. The first-order chi connectivity index (χ1) is 25.9. The van der Waals surface area contributed by atoms with Gasteiger partial charge in [0.2, 0.25) is 5.88 Å². The summed E-state index contributed by atoms with van der Waals surface area (Å²) in [6, 6.07) is 27.2. The van der Waals surface area contributed by atoms with Crippen LogP contribution < -0.4 is 10.1 Å². The van der Waals surface area contributed by atoms with E-state index in [4.69, 9.17) is 4.74 Å². The van der Waals surface area contributed by atoms with E-state index in [1.54, 1.807) is 72.8 Å². The van der Waals surface area contributed by atoms with Crippen LogP contribution in [0.1, 0.15) is 45.4 Å². The minimum absolute atomic E-state index is 0.0351. The van der Waals surface area contributed by atoms with E-state index in [2.05, 4.69) is 10.4 Å². The van der Waals surface area contributed by atoms with Crippen LogP contribution >= 0.6 is 0 Å². The van der Waals surface area contributed by atoms with E-state index >= 15 is 17.8 Å². The third kappa shape index (κ3) is 5.75. The zero-order valence-corrected chi connectivity index (χ0v) is 30.2. The normalized spacial score (nSPS) is 18.0. The second-order valence-corrected chi connectivity index (χ2v) is 15.9. The number of carbonyl (C=O) groups is 2. The number of carbonyl (C=O) groups excluding carboxylic acids is 1. The smallest absolute Gasteiger partial charge is 0.407 e. The highest BCUT2D eigenvalue weighted by Gasteiger charge is 2.52. The molecule has 0 bridgehead atoms. The van der Waals surface area contributed by atoms with Crippen molar-refractivity contribution >= 4 is 27.7 Å². The van der Waals surface area contributed by atoms with Gasteiger partial charge in [0.05, 0.1) is 18.8 Å². The Balaban J connectivity index is 1.38. The zero-order chi connectivity index (χ0) is 37.8. The van der Waals surface area contributed by atoms with E-state index in [-0.39, 0.29) is 29.6 Å². The number of hydrogen-bond donors (Lipinski definition) is 3. The number of likely N-dealkylation sites (N-methyl/N-ethyl adjacent to an activating group) is 1. The summed E-state index contributed by atoms with van der Waals surface area (Å²) in [7, 11) is -3.08. The number of alkyl halides is 2. The van der Waals surface area contributed by atoms with Crippen LogP contribution in [0.5, 0.6) is 5.88 Å². The van der Waals surface area contributed by atoms with E-state index in [0.717, 1.165) is 26.8 Å². The number of amides is 3. The molecule has 1 unspecified atom stereocenters. The van der Waals surface area contributed by atoms with Crippen LogP contribution in [0.15, 0.2) is 108 Å². The maximum Gasteiger partial charge on any atom is 0.407 e. The van der Waals surface area contributed by atoms with E-state index in [9.17, 15) is 14.7 Å². The van der Waals surface area contributed by atoms with E-state index in [1.165, 1.54) is 17.9 Å². The molecule has 0 fully saturated rings. The lowest BCUT2D eigenvalue weighted by Crippen LogP contribution is -2.55. The summed E-state index contributed by atoms with van der Waals surface area (Å²) in [5.74, 6) is -3.03. The minimum Gasteiger partial charge on any atom is -0.475 e. The molecular weight excluding hydrogens is 715 g/mol. The largest absolute Gasteiger partial charge is 0.475 e. The molecule has 3 amide bonds. The Hall–Kier alpha value is -5.76. The van der Waals surface area contributed by atoms with Gasteiger partial charge in [0.25, 0.3) is 5.92 Å². The second kappa shape index (κ2) is 13.3. The number of nitrogens with zero attached hydrogens (tertiary/aromatic N) is 4. The summed E-state index contributed by atoms with van der Waals surface area (Å²) in [6.07, 6.45) is 1.08. The Kier molecular flexibility index (Phi) is 8.67. The molecule has 0 radical (unpaired) electrons. The molecule has 54 heavy (non-hydrogen) atoms. The Morgan fingerprint density at radius 3 is 2.11 bits per heavy atom. The zero-order valence-electron chi connectivity index (χ0n) is 29.4. The summed E-state index contributed by atoms with van der Waals surface area (Å²) >= 11 is 0. The summed E-state index contributed by atoms with van der Waals surface area (Å²) in [5.41, 5.74) is 2.53. The van der Waals surface area contributed by atoms with Gasteiger partial charge >= 0.3 is 12.1 Å². The van der Waals surface area contributed by atoms with Crippen molar-refractivity contribution in [3.63, 3.8) is 0 Å². The van der Waals surface area contributed by atoms with Crippen LogP contribution in [-0.4, -0.2) is 66.0 Å². The van der Waals surface area contributed by atoms with Crippen LogP contribution in [0.3, 0.4) is 0 Å². The molecule has 11 nitrogen and oxygen atoms in total. The maximum atomic E-state index is 15.9. The summed E-state index contributed by atoms with van der Waals surface area (Å²) in [4.78, 5) is 28.2. The van der Waals surface area contributed by atoms with Crippen molar-refractivity contribution in [2.24, 2.45) is 0 Å². The predicted octanol–water partition coefficient (Wildman–Crippen LogP) is 7.32. The number of ether oxygens (including phenoxy) is 1. The third-order valence-electron chi connectivity index (χ3n) is 10.7. The number of benzene rings is 4. The van der Waals surface area contributed by atoms with E-state index < -0.39 is 52.4 Å². The number of anilines is 1. The summed E-state index contributed by atoms with van der Waals surface area (Å²) in [5, 5.41) is 17.0. The molecule has 1 aliphatic heterocycles. The predicted molar refractivity (Wildman–Crippen MR) is 197 cm³/mol. The van der Waals surface area contributed by atoms with Gasteiger partial charge in [0, 0.05) is 25.6 Å². The molecular formula is C40H38F2N6O5S. The molecule has 8 rings (SSSR count). The molecule has 1 aromatic heterocycles. The number of aryl methyl sites for hydroxylation is 1. The van der Waals surface area contributed by atoms with Gasteiger partial charge in [0.1, 0.15) is 17.0 Å². The van der Waals surface area contributed by atoms with E-state index in [0.29, 0.717) is 40.7 Å². The fourth-order valence-corrected chi connectivity index (χ4v) is 9.98. The molecule has 0 saturated heterocycles. The molecule has 2 heterocycles. The quantitative estimate of drug-likeness (QED) is 0.142. The van der Waals surface area contributed by atoms with Gasteiger partial charge in [-0.3, -0.25) is 0 Å². The fourth-order valence-electron chi connectivity index (χ4n) is 8.21. The Morgan fingerprint density at radius 2 is 1.54 bits per heavy atom. The molecule has 3 N–H and O–H groups in total. The van der Waals surface area contributed by atoms with Crippen LogP contribution in [-0.2, 0) is 47.7 Å². The number of urea groups is 1. The molecule has 4 aromatic carbocycles. The van der Waals surface area contributed by atoms with Crippen molar-refractivity contribution in [2.45, 2.75) is 61.0 Å². The average Bonchev–Trinajstić information content (AvgIpc) is 3.90. The highest BCUT2D eigenvalue weighted by atomic mass is 32.2. The Bertz CT molecular complexity index is 2260. The lowest BCUT2D eigenvalue weighted by molar-refractivity contribution is 0.0131. The van der Waals surface area contributed by atoms with Crippen molar-refractivity contribution in [2.75, 3.05) is 19.0 Å². The number of aromatic nitrogens is 2. The van der Waals surface area contributed by atoms with Gasteiger partial charge in [-0.1, -0.05) is 97.1 Å². The van der Waals surface area contributed by atoms with Crippen molar-refractivity contribution < 1.29 is 32.4 Å². The molecule has 2 atom stereocenters. The maximum absolute atomic E-state index is 15.9. The Labute approximate surface area is 311 Å². The van der Waals surface area contributed by atoms with Gasteiger partial charge in [-0.15, -0.1) is 0 Å². The minimum atomic E-state index is -4.49. The highest BCUT2D eigenvalue weighted by molar-refractivity contribution is 7.90. The van der Waals surface area contributed by atoms with Crippen LogP contribution in [0.4, 0.5) is 24.1 Å². The molecule has 2 aliphatic carbocycles. The molecule has 278 valence electrons. The molecule has 3 aliphatic rings. The summed E-state index contributed by atoms with van der Waals surface area (Å²) < 4.78 is 64.4. The van der Waals surface area contributed by atoms with Crippen molar-refractivity contribution in [3.8, 4) is 5.88 Å². The topological polar surface area (TPSA) is 141 Å². The van der Waals surface area contributed by atoms with Gasteiger partial charge in [-0.05, 0) is 58.2 Å². The van der Waals surface area contributed by atoms with Crippen molar-refractivity contribution in [1.82, 2.24) is 19.0 Å². The molecule has 0 spiro atoms. The Morgan fingerprint density at radius 1 is 0.944 bits per heavy atom. The lowest BCUT2D eigenvalue weighted by atomic mass is 9.77. The standard InChI is InChI=1S/C40H38F2N6O5S/c1-46(38(50)51)31-24-47-36(53-25-31)34(23-44-47)54(43,52)48(37(49)45-35-32-19-11-12-26(32)20-27-21-39(41,42)22-33(27)35)40(28-13-5-2-6-14-28,29-15-7-3-8-16-29)30-17-9-4-10-18-30/h2-10,13-18,20,23,31,43H,11-12,19,21-22,24-25H2,1H3,(H,45,49)(H,50,51)/t31-,54?/m0/s1. The highest BCUT2D eigenvalue weighted by Crippen LogP contribution is 2.49. The number of hydrogen-bond acceptors (Lipinski definition) is 6. The first-order valence-corrected chi connectivity index (χ1v) is 19.2. The van der Waals surface area contributed by atoms with Crippen LogP contribution in [0, 0.1) is 4.78 Å². The van der Waals surface area contributed by atoms with Gasteiger partial charge in [0.15, 0.2) is 9.92 Å². The van der Waals surface area contributed by atoms with Gasteiger partial charge in [-0.2, -0.15) is 5.10 Å². The van der Waals surface area contributed by atoms with Crippen molar-refractivity contribution in [3.05, 3.63) is 142 Å². The number of halogens is 2. The molecule has 0 saturated carbocycles. The first-order valence-electron chi connectivity index (χ1n) is 17.7. The number of fused-ring (bicyclic) bond motifs is 3. The molecule has 14 heteroatoms. The van der Waals surface area contributed by atoms with Gasteiger partial charge < -0.3 is 20.1 Å². The SMILES string of the molecule is CN(C(=O)O)[C@@H]1COc2c(S(=N)(=O)N(C(=O)Nc3c4c(cc5c3CC(F)(F)C5)CCC4)C(c3ccccc3)(c3ccccc3)c3ccccc3)cnn2C1. The average molecular weight is 753 g/mol. The number of carboxylic acid groups (broad SMARTS) is 1. The lowest BCUT2D eigenvalue weighted by Gasteiger charge is -2.45. The van der Waals surface area contributed by atoms with E-state index in [1.807, 2.05) is 24.3 Å². The summed E-state index contributed by atoms with van der Waals surface area (Å²) in [6.45, 7) is -0.0571. The first kappa shape index (κ1) is 35.3. The molecule has 5 aromatic rings. The van der Waals surface area contributed by atoms with Crippen LogP contribution in [0.25, 0.3) is 0 Å². The fraction of sp³-hybridized carbons (Fsp3) is 0.275.